The van der Waals surface area contributed by atoms with E-state index < -0.39 is 6.04 Å². The molecule has 0 radical (unpaired) electrons. The summed E-state index contributed by atoms with van der Waals surface area (Å²) >= 11 is 6.08. The van der Waals surface area contributed by atoms with Crippen molar-refractivity contribution >= 4 is 46.1 Å². The van der Waals surface area contributed by atoms with E-state index in [1.807, 2.05) is 37.3 Å². The highest BCUT2D eigenvalue weighted by Gasteiger charge is 2.34. The van der Waals surface area contributed by atoms with Crippen LogP contribution in [0.4, 0.5) is 11.6 Å². The molecule has 2 N–H and O–H groups in total. The first-order chi connectivity index (χ1) is 12.0. The lowest BCUT2D eigenvalue weighted by Crippen LogP contribution is -2.23. The molecule has 2 heterocycles. The third-order valence-corrected chi connectivity index (χ3v) is 4.69. The van der Waals surface area contributed by atoms with Gasteiger partial charge in [0.15, 0.2) is 0 Å². The smallest absolute Gasteiger partial charge is 0.250 e. The second-order valence-electron chi connectivity index (χ2n) is 6.02. The highest BCUT2D eigenvalue weighted by molar-refractivity contribution is 6.31. The van der Waals surface area contributed by atoms with Gasteiger partial charge in [0, 0.05) is 10.7 Å². The Labute approximate surface area is 148 Å². The fourth-order valence-corrected chi connectivity index (χ4v) is 3.18. The first-order valence-corrected chi connectivity index (χ1v) is 8.24. The molecular formula is C18H15ClN4O2. The number of aryl methyl sites for hydroxylation is 1. The van der Waals surface area contributed by atoms with E-state index >= 15 is 0 Å². The summed E-state index contributed by atoms with van der Waals surface area (Å²) < 4.78 is 1.78. The summed E-state index contributed by atoms with van der Waals surface area (Å²) in [5.41, 5.74) is 3.15. The maximum atomic E-state index is 12.4. The minimum Gasteiger partial charge on any atom is -0.326 e. The average Bonchev–Trinajstić information content (AvgIpc) is 3.07. The topological polar surface area (TPSA) is 76.0 Å². The summed E-state index contributed by atoms with van der Waals surface area (Å²) in [6.45, 7) is 1.89. The van der Waals surface area contributed by atoms with E-state index in [2.05, 4.69) is 15.6 Å². The number of amides is 2. The van der Waals surface area contributed by atoms with Gasteiger partial charge in [-0.25, -0.2) is 4.98 Å². The van der Waals surface area contributed by atoms with Gasteiger partial charge in [-0.1, -0.05) is 29.8 Å². The number of anilines is 2. The van der Waals surface area contributed by atoms with Crippen molar-refractivity contribution in [1.82, 2.24) is 9.55 Å². The number of rotatable bonds is 3. The standard InChI is InChI=1S/C18H15ClN4O2/c1-10-6-7-11(8-12(10)19)20-16(24)9-15-17(25)22-18-21-13-4-2-3-5-14(13)23(15)18/h2-8,15H,9H2,1H3,(H,20,24)(H,21,22,25)/t15-/m1/s1. The van der Waals surface area contributed by atoms with Gasteiger partial charge in [-0.15, -0.1) is 0 Å². The number of para-hydroxylation sites is 2. The maximum absolute atomic E-state index is 12.4. The Morgan fingerprint density at radius 2 is 2.12 bits per heavy atom. The van der Waals surface area contributed by atoms with Gasteiger partial charge < -0.3 is 5.32 Å². The summed E-state index contributed by atoms with van der Waals surface area (Å²) in [5.74, 6) is -0.0153. The molecule has 126 valence electrons. The van der Waals surface area contributed by atoms with Crippen molar-refractivity contribution in [2.24, 2.45) is 0 Å². The molecule has 0 aliphatic carbocycles. The lowest BCUT2D eigenvalue weighted by molar-refractivity contribution is -0.123. The molecule has 2 aromatic carbocycles. The third kappa shape index (κ3) is 2.74. The van der Waals surface area contributed by atoms with E-state index in [0.717, 1.165) is 16.6 Å². The Morgan fingerprint density at radius 1 is 1.32 bits per heavy atom. The molecule has 0 saturated carbocycles. The van der Waals surface area contributed by atoms with Crippen molar-refractivity contribution in [3.05, 3.63) is 53.1 Å². The second kappa shape index (κ2) is 5.89. The van der Waals surface area contributed by atoms with Crippen LogP contribution in [-0.2, 0) is 9.59 Å². The Morgan fingerprint density at radius 3 is 2.92 bits per heavy atom. The van der Waals surface area contributed by atoms with Gasteiger partial charge in [0.25, 0.3) is 0 Å². The maximum Gasteiger partial charge on any atom is 0.250 e. The minimum atomic E-state index is -0.622. The molecule has 1 aliphatic heterocycles. The lowest BCUT2D eigenvalue weighted by Gasteiger charge is -2.12. The van der Waals surface area contributed by atoms with Gasteiger partial charge in [-0.05, 0) is 36.8 Å². The monoisotopic (exact) mass is 354 g/mol. The quantitative estimate of drug-likeness (QED) is 0.755. The molecule has 0 fully saturated rings. The van der Waals surface area contributed by atoms with E-state index in [1.54, 1.807) is 16.7 Å². The van der Waals surface area contributed by atoms with Crippen LogP contribution in [0.1, 0.15) is 18.0 Å². The summed E-state index contributed by atoms with van der Waals surface area (Å²) in [7, 11) is 0. The summed E-state index contributed by atoms with van der Waals surface area (Å²) in [4.78, 5) is 29.0. The van der Waals surface area contributed by atoms with E-state index in [9.17, 15) is 9.59 Å². The number of nitrogens with zero attached hydrogens (tertiary/aromatic N) is 2. The van der Waals surface area contributed by atoms with Crippen molar-refractivity contribution in [2.75, 3.05) is 10.6 Å². The molecule has 2 amide bonds. The second-order valence-corrected chi connectivity index (χ2v) is 6.42. The first-order valence-electron chi connectivity index (χ1n) is 7.87. The first kappa shape index (κ1) is 15.7. The van der Waals surface area contributed by atoms with E-state index in [1.165, 1.54) is 0 Å². The molecule has 0 unspecified atom stereocenters. The number of aromatic nitrogens is 2. The molecule has 0 spiro atoms. The molecule has 1 atom stereocenters. The van der Waals surface area contributed by atoms with Crippen LogP contribution in [0, 0.1) is 6.92 Å². The predicted molar refractivity (Wildman–Crippen MR) is 96.8 cm³/mol. The van der Waals surface area contributed by atoms with Crippen molar-refractivity contribution in [3.8, 4) is 0 Å². The minimum absolute atomic E-state index is 0.0185. The van der Waals surface area contributed by atoms with Crippen LogP contribution < -0.4 is 10.6 Å². The Hall–Kier alpha value is -2.86. The number of halogens is 1. The van der Waals surface area contributed by atoms with Gasteiger partial charge in [0.1, 0.15) is 6.04 Å². The lowest BCUT2D eigenvalue weighted by atomic mass is 10.1. The van der Waals surface area contributed by atoms with Gasteiger partial charge in [-0.3, -0.25) is 19.5 Å². The molecular weight excluding hydrogens is 340 g/mol. The van der Waals surface area contributed by atoms with Gasteiger partial charge >= 0.3 is 0 Å². The zero-order valence-corrected chi connectivity index (χ0v) is 14.2. The van der Waals surface area contributed by atoms with Crippen molar-refractivity contribution in [2.45, 2.75) is 19.4 Å². The number of carbonyl (C=O) groups is 2. The normalized spacial score (nSPS) is 15.9. The van der Waals surface area contributed by atoms with E-state index in [4.69, 9.17) is 11.6 Å². The number of hydrogen-bond donors (Lipinski definition) is 2. The summed E-state index contributed by atoms with van der Waals surface area (Å²) in [6.07, 6.45) is 0.0185. The predicted octanol–water partition coefficient (Wildman–Crippen LogP) is 3.52. The molecule has 4 rings (SSSR count). The molecule has 3 aromatic rings. The SMILES string of the molecule is Cc1ccc(NC(=O)C[C@@H]2C(=O)Nc3nc4ccccc4n32)cc1Cl. The van der Waals surface area contributed by atoms with Crippen LogP contribution in [0.3, 0.4) is 0 Å². The molecule has 0 bridgehead atoms. The molecule has 1 aromatic heterocycles. The number of nitrogens with one attached hydrogen (secondary N) is 2. The number of carbonyl (C=O) groups excluding carboxylic acids is 2. The largest absolute Gasteiger partial charge is 0.326 e. The highest BCUT2D eigenvalue weighted by atomic mass is 35.5. The number of hydrogen-bond acceptors (Lipinski definition) is 3. The van der Waals surface area contributed by atoms with Crippen LogP contribution in [0.25, 0.3) is 11.0 Å². The Balaban J connectivity index is 1.57. The number of fused-ring (bicyclic) bond motifs is 3. The van der Waals surface area contributed by atoms with Crippen LogP contribution in [0.5, 0.6) is 0 Å². The number of benzene rings is 2. The van der Waals surface area contributed by atoms with Crippen molar-refractivity contribution in [1.29, 1.82) is 0 Å². The molecule has 25 heavy (non-hydrogen) atoms. The fourth-order valence-electron chi connectivity index (χ4n) is 3.00. The Kier molecular flexibility index (Phi) is 3.69. The molecule has 1 aliphatic rings. The van der Waals surface area contributed by atoms with E-state index in [-0.39, 0.29) is 18.2 Å². The van der Waals surface area contributed by atoms with Crippen LogP contribution in [0.2, 0.25) is 5.02 Å². The van der Waals surface area contributed by atoms with Crippen molar-refractivity contribution < 1.29 is 9.59 Å². The zero-order valence-electron chi connectivity index (χ0n) is 13.4. The molecule has 6 nitrogen and oxygen atoms in total. The number of imidazole rings is 1. The van der Waals surface area contributed by atoms with Crippen LogP contribution >= 0.6 is 11.6 Å². The molecule has 7 heteroatoms. The van der Waals surface area contributed by atoms with Gasteiger partial charge in [0.05, 0.1) is 17.5 Å². The van der Waals surface area contributed by atoms with E-state index in [0.29, 0.717) is 16.7 Å². The Bertz CT molecular complexity index is 1010. The summed E-state index contributed by atoms with van der Waals surface area (Å²) in [5, 5.41) is 6.11. The van der Waals surface area contributed by atoms with Crippen molar-refractivity contribution in [3.63, 3.8) is 0 Å². The van der Waals surface area contributed by atoms with Gasteiger partial charge in [0.2, 0.25) is 17.8 Å². The fraction of sp³-hybridized carbons (Fsp3) is 0.167. The summed E-state index contributed by atoms with van der Waals surface area (Å²) in [6, 6.07) is 12.2. The molecule has 0 saturated heterocycles. The average molecular weight is 355 g/mol. The van der Waals surface area contributed by atoms with Crippen LogP contribution in [0.15, 0.2) is 42.5 Å². The third-order valence-electron chi connectivity index (χ3n) is 4.28. The zero-order chi connectivity index (χ0) is 17.6. The van der Waals surface area contributed by atoms with Crippen LogP contribution in [-0.4, -0.2) is 21.4 Å². The van der Waals surface area contributed by atoms with Gasteiger partial charge in [-0.2, -0.15) is 0 Å². The highest BCUT2D eigenvalue weighted by Crippen LogP contribution is 2.32.